The predicted octanol–water partition coefficient (Wildman–Crippen LogP) is 3.79. The summed E-state index contributed by atoms with van der Waals surface area (Å²) in [4.78, 5) is 3.99. The lowest BCUT2D eigenvalue weighted by atomic mass is 10.3. The van der Waals surface area contributed by atoms with Crippen LogP contribution in [0.4, 0.5) is 24.7 Å². The summed E-state index contributed by atoms with van der Waals surface area (Å²) in [6.07, 6.45) is -3.21. The molecule has 8 heteroatoms. The topological polar surface area (TPSA) is 46.2 Å². The summed E-state index contributed by atoms with van der Waals surface area (Å²) in [5.41, 5.74) is 0.100. The molecule has 0 spiro atoms. The van der Waals surface area contributed by atoms with Crippen LogP contribution in [0.5, 0.6) is 5.75 Å². The van der Waals surface area contributed by atoms with Gasteiger partial charge in [-0.3, -0.25) is 0 Å². The summed E-state index contributed by atoms with van der Waals surface area (Å²) in [7, 11) is 0. The largest absolute Gasteiger partial charge is 0.573 e. The molecule has 2 N–H and O–H groups in total. The highest BCUT2D eigenvalue weighted by molar-refractivity contribution is 7.80. The highest BCUT2D eigenvalue weighted by atomic mass is 32.1. The van der Waals surface area contributed by atoms with Crippen LogP contribution in [0.15, 0.2) is 48.7 Å². The SMILES string of the molecule is FC(F)(F)Oc1ccccc1NC(=S)Nc1ccccn1. The van der Waals surface area contributed by atoms with Gasteiger partial charge in [0.15, 0.2) is 10.9 Å². The van der Waals surface area contributed by atoms with Crippen molar-refractivity contribution in [2.45, 2.75) is 6.36 Å². The van der Waals surface area contributed by atoms with E-state index in [1.807, 2.05) is 0 Å². The van der Waals surface area contributed by atoms with Gasteiger partial charge < -0.3 is 15.4 Å². The monoisotopic (exact) mass is 313 g/mol. The van der Waals surface area contributed by atoms with Gasteiger partial charge in [0.05, 0.1) is 5.69 Å². The number of ether oxygens (including phenoxy) is 1. The first-order valence-electron chi connectivity index (χ1n) is 5.78. The van der Waals surface area contributed by atoms with Gasteiger partial charge in [-0.2, -0.15) is 0 Å². The Hall–Kier alpha value is -2.35. The molecule has 0 atom stereocenters. The molecule has 2 aromatic rings. The van der Waals surface area contributed by atoms with Gasteiger partial charge in [-0.15, -0.1) is 13.2 Å². The number of alkyl halides is 3. The molecule has 0 aliphatic carbocycles. The minimum atomic E-state index is -4.77. The van der Waals surface area contributed by atoms with Crippen molar-refractivity contribution in [1.29, 1.82) is 0 Å². The third-order valence-electron chi connectivity index (χ3n) is 2.27. The predicted molar refractivity (Wildman–Crippen MR) is 77.2 cm³/mol. The van der Waals surface area contributed by atoms with Crippen LogP contribution in [-0.4, -0.2) is 16.5 Å². The van der Waals surface area contributed by atoms with E-state index in [-0.39, 0.29) is 16.5 Å². The van der Waals surface area contributed by atoms with Gasteiger partial charge in [0.1, 0.15) is 5.82 Å². The molecule has 0 radical (unpaired) electrons. The second-order valence-electron chi connectivity index (χ2n) is 3.84. The number of halogens is 3. The average molecular weight is 313 g/mol. The Kier molecular flexibility index (Phi) is 4.59. The van der Waals surface area contributed by atoms with Gasteiger partial charge in [0.25, 0.3) is 0 Å². The number of hydrogen-bond acceptors (Lipinski definition) is 3. The molecule has 1 aromatic carbocycles. The van der Waals surface area contributed by atoms with Crippen LogP contribution < -0.4 is 15.4 Å². The van der Waals surface area contributed by atoms with Gasteiger partial charge in [-0.1, -0.05) is 18.2 Å². The van der Waals surface area contributed by atoms with E-state index in [0.29, 0.717) is 5.82 Å². The number of nitrogens with zero attached hydrogens (tertiary/aromatic N) is 1. The second kappa shape index (κ2) is 6.40. The van der Waals surface area contributed by atoms with Crippen molar-refractivity contribution in [3.63, 3.8) is 0 Å². The normalized spacial score (nSPS) is 10.8. The van der Waals surface area contributed by atoms with Crippen molar-refractivity contribution in [3.8, 4) is 5.75 Å². The zero-order valence-corrected chi connectivity index (χ0v) is 11.3. The fourth-order valence-electron chi connectivity index (χ4n) is 1.49. The molecule has 4 nitrogen and oxygen atoms in total. The van der Waals surface area contributed by atoms with Crippen molar-refractivity contribution in [1.82, 2.24) is 4.98 Å². The van der Waals surface area contributed by atoms with Crippen LogP contribution in [-0.2, 0) is 0 Å². The zero-order chi connectivity index (χ0) is 15.3. The molecule has 0 amide bonds. The van der Waals surface area contributed by atoms with E-state index in [1.165, 1.54) is 18.2 Å². The molecule has 0 saturated heterocycles. The molecular weight excluding hydrogens is 303 g/mol. The molecule has 21 heavy (non-hydrogen) atoms. The molecule has 0 fully saturated rings. The number of thiocarbonyl (C=S) groups is 1. The summed E-state index contributed by atoms with van der Waals surface area (Å²) in [5, 5.41) is 5.49. The third-order valence-corrected chi connectivity index (χ3v) is 2.47. The van der Waals surface area contributed by atoms with Gasteiger partial charge in [0.2, 0.25) is 0 Å². The minimum absolute atomic E-state index is 0.100. The lowest BCUT2D eigenvalue weighted by Crippen LogP contribution is -2.22. The first-order chi connectivity index (χ1) is 9.94. The number of pyridine rings is 1. The summed E-state index contributed by atoms with van der Waals surface area (Å²) < 4.78 is 40.8. The average Bonchev–Trinajstić information content (AvgIpc) is 2.40. The zero-order valence-electron chi connectivity index (χ0n) is 10.5. The van der Waals surface area contributed by atoms with E-state index < -0.39 is 6.36 Å². The Morgan fingerprint density at radius 1 is 1.05 bits per heavy atom. The summed E-state index contributed by atoms with van der Waals surface area (Å²) in [5.74, 6) is 0.111. The van der Waals surface area contributed by atoms with Crippen LogP contribution >= 0.6 is 12.2 Å². The van der Waals surface area contributed by atoms with Crippen molar-refractivity contribution >= 4 is 28.8 Å². The lowest BCUT2D eigenvalue weighted by molar-refractivity contribution is -0.274. The fraction of sp³-hybridized carbons (Fsp3) is 0.0769. The second-order valence-corrected chi connectivity index (χ2v) is 4.25. The van der Waals surface area contributed by atoms with Gasteiger partial charge >= 0.3 is 6.36 Å². The Morgan fingerprint density at radius 3 is 2.43 bits per heavy atom. The molecule has 0 saturated carbocycles. The van der Waals surface area contributed by atoms with Crippen LogP contribution in [0.3, 0.4) is 0 Å². The molecule has 0 aliphatic rings. The first kappa shape index (κ1) is 15.0. The molecule has 110 valence electrons. The Balaban J connectivity index is 2.07. The lowest BCUT2D eigenvalue weighted by Gasteiger charge is -2.15. The van der Waals surface area contributed by atoms with E-state index in [2.05, 4.69) is 20.4 Å². The van der Waals surface area contributed by atoms with E-state index in [4.69, 9.17) is 12.2 Å². The van der Waals surface area contributed by atoms with Crippen molar-refractivity contribution in [2.24, 2.45) is 0 Å². The van der Waals surface area contributed by atoms with Crippen molar-refractivity contribution in [2.75, 3.05) is 10.6 Å². The van der Waals surface area contributed by atoms with Gasteiger partial charge in [-0.25, -0.2) is 4.98 Å². The highest BCUT2D eigenvalue weighted by Crippen LogP contribution is 2.29. The molecule has 0 bridgehead atoms. The smallest absolute Gasteiger partial charge is 0.404 e. The van der Waals surface area contributed by atoms with Crippen LogP contribution in [0.2, 0.25) is 0 Å². The standard InChI is InChI=1S/C13H10F3N3OS/c14-13(15,16)20-10-6-2-1-5-9(10)18-12(21)19-11-7-3-4-8-17-11/h1-8H,(H2,17,18,19,21). The minimum Gasteiger partial charge on any atom is -0.404 e. The number of aromatic nitrogens is 1. The number of nitrogens with one attached hydrogen (secondary N) is 2. The number of para-hydroxylation sites is 2. The van der Waals surface area contributed by atoms with E-state index in [9.17, 15) is 13.2 Å². The maximum Gasteiger partial charge on any atom is 0.573 e. The summed E-state index contributed by atoms with van der Waals surface area (Å²) >= 11 is 5.02. The Morgan fingerprint density at radius 2 is 1.76 bits per heavy atom. The number of benzene rings is 1. The summed E-state index contributed by atoms with van der Waals surface area (Å²) in [6.45, 7) is 0. The van der Waals surface area contributed by atoms with E-state index in [0.717, 1.165) is 0 Å². The molecule has 1 aromatic heterocycles. The molecule has 0 aliphatic heterocycles. The number of rotatable bonds is 3. The number of hydrogen-bond donors (Lipinski definition) is 2. The van der Waals surface area contributed by atoms with E-state index >= 15 is 0 Å². The van der Waals surface area contributed by atoms with Crippen molar-refractivity contribution in [3.05, 3.63) is 48.7 Å². The molecule has 1 heterocycles. The first-order valence-corrected chi connectivity index (χ1v) is 6.19. The maximum atomic E-state index is 12.3. The highest BCUT2D eigenvalue weighted by Gasteiger charge is 2.32. The van der Waals surface area contributed by atoms with E-state index in [1.54, 1.807) is 30.5 Å². The molecule has 0 unspecified atom stereocenters. The van der Waals surface area contributed by atoms with Crippen LogP contribution in [0, 0.1) is 0 Å². The maximum absolute atomic E-state index is 12.3. The van der Waals surface area contributed by atoms with Crippen molar-refractivity contribution < 1.29 is 17.9 Å². The van der Waals surface area contributed by atoms with Crippen LogP contribution in [0.1, 0.15) is 0 Å². The number of anilines is 2. The Labute approximate surface area is 124 Å². The van der Waals surface area contributed by atoms with Gasteiger partial charge in [0, 0.05) is 6.20 Å². The third kappa shape index (κ3) is 4.92. The fourth-order valence-corrected chi connectivity index (χ4v) is 1.70. The summed E-state index contributed by atoms with van der Waals surface area (Å²) in [6, 6.07) is 10.8. The van der Waals surface area contributed by atoms with Gasteiger partial charge in [-0.05, 0) is 36.5 Å². The molecular formula is C13H10F3N3OS. The Bertz CT molecular complexity index is 620. The molecule has 2 rings (SSSR count). The quantitative estimate of drug-likeness (QED) is 0.844. The van der Waals surface area contributed by atoms with Crippen LogP contribution in [0.25, 0.3) is 0 Å².